The van der Waals surface area contributed by atoms with Crippen LogP contribution in [0.15, 0.2) is 11.3 Å². The standard InChI is InChI=1S/C6H12O3Si/c1-5(4-10)6(8)9-3-2-7/h4,7H,2-3H2,1,10H3. The number of hydrogen-bond acceptors (Lipinski definition) is 3. The fraction of sp³-hybridized carbons (Fsp3) is 0.500. The van der Waals surface area contributed by atoms with Crippen LogP contribution in [0.25, 0.3) is 0 Å². The van der Waals surface area contributed by atoms with Gasteiger partial charge in [-0.25, -0.2) is 4.79 Å². The summed E-state index contributed by atoms with van der Waals surface area (Å²) < 4.78 is 4.61. The van der Waals surface area contributed by atoms with E-state index in [-0.39, 0.29) is 19.2 Å². The molecule has 0 fully saturated rings. The minimum Gasteiger partial charge on any atom is -0.460 e. The van der Waals surface area contributed by atoms with Crippen molar-refractivity contribution >= 4 is 16.2 Å². The highest BCUT2D eigenvalue weighted by molar-refractivity contribution is 6.19. The van der Waals surface area contributed by atoms with Crippen molar-refractivity contribution in [3.63, 3.8) is 0 Å². The highest BCUT2D eigenvalue weighted by atomic mass is 28.1. The summed E-state index contributed by atoms with van der Waals surface area (Å²) in [5.74, 6) is -0.330. The molecule has 0 rings (SSSR count). The van der Waals surface area contributed by atoms with Crippen LogP contribution < -0.4 is 0 Å². The summed E-state index contributed by atoms with van der Waals surface area (Å²) in [7, 11) is 0.854. The van der Waals surface area contributed by atoms with Gasteiger partial charge in [0.2, 0.25) is 0 Å². The van der Waals surface area contributed by atoms with E-state index in [1.807, 2.05) is 0 Å². The van der Waals surface area contributed by atoms with Gasteiger partial charge in [-0.15, -0.1) is 0 Å². The number of aliphatic hydroxyl groups excluding tert-OH is 1. The molecule has 4 heteroatoms. The Hall–Kier alpha value is -0.613. The Kier molecular flexibility index (Phi) is 4.88. The van der Waals surface area contributed by atoms with Crippen molar-refractivity contribution in [2.45, 2.75) is 6.92 Å². The van der Waals surface area contributed by atoms with Gasteiger partial charge in [-0.2, -0.15) is 0 Å². The van der Waals surface area contributed by atoms with Gasteiger partial charge in [0.25, 0.3) is 0 Å². The normalized spacial score (nSPS) is 11.6. The van der Waals surface area contributed by atoms with Crippen LogP contribution in [-0.4, -0.2) is 34.5 Å². The topological polar surface area (TPSA) is 46.5 Å². The quantitative estimate of drug-likeness (QED) is 0.320. The van der Waals surface area contributed by atoms with Gasteiger partial charge < -0.3 is 9.84 Å². The Bertz CT molecular complexity index is 142. The molecule has 0 saturated carbocycles. The first-order chi connectivity index (χ1) is 4.72. The second-order valence-electron chi connectivity index (χ2n) is 1.83. The van der Waals surface area contributed by atoms with E-state index >= 15 is 0 Å². The molecule has 0 aliphatic carbocycles. The van der Waals surface area contributed by atoms with E-state index in [9.17, 15) is 4.79 Å². The number of esters is 1. The zero-order chi connectivity index (χ0) is 7.98. The Morgan fingerprint density at radius 3 is 2.80 bits per heavy atom. The molecule has 0 aromatic heterocycles. The number of hydrogen-bond donors (Lipinski definition) is 1. The van der Waals surface area contributed by atoms with Gasteiger partial charge >= 0.3 is 5.97 Å². The van der Waals surface area contributed by atoms with Crippen molar-refractivity contribution in [2.75, 3.05) is 13.2 Å². The van der Waals surface area contributed by atoms with Gasteiger partial charge in [0.1, 0.15) is 6.61 Å². The van der Waals surface area contributed by atoms with Crippen molar-refractivity contribution in [3.05, 3.63) is 11.3 Å². The zero-order valence-corrected chi connectivity index (χ0v) is 8.26. The minimum absolute atomic E-state index is 0.0889. The summed E-state index contributed by atoms with van der Waals surface area (Å²) in [5, 5.41) is 8.28. The third-order valence-corrected chi connectivity index (χ3v) is 1.95. The van der Waals surface area contributed by atoms with Gasteiger partial charge in [-0.3, -0.25) is 0 Å². The monoisotopic (exact) mass is 160 g/mol. The van der Waals surface area contributed by atoms with E-state index in [1.165, 1.54) is 0 Å². The van der Waals surface area contributed by atoms with E-state index < -0.39 is 0 Å². The predicted octanol–water partition coefficient (Wildman–Crippen LogP) is -1.21. The molecule has 0 bridgehead atoms. The van der Waals surface area contributed by atoms with Crippen LogP contribution >= 0.6 is 0 Å². The first-order valence-electron chi connectivity index (χ1n) is 3.13. The second kappa shape index (κ2) is 5.19. The SMILES string of the molecule is CC(=C[SiH3])C(=O)OCCO. The molecule has 58 valence electrons. The number of carbonyl (C=O) groups is 1. The molecular weight excluding hydrogens is 148 g/mol. The molecule has 1 N–H and O–H groups in total. The molecule has 0 amide bonds. The van der Waals surface area contributed by atoms with Crippen molar-refractivity contribution in [2.24, 2.45) is 0 Å². The molecule has 0 unspecified atom stereocenters. The lowest BCUT2D eigenvalue weighted by Gasteiger charge is -2.00. The molecule has 0 atom stereocenters. The lowest BCUT2D eigenvalue weighted by molar-refractivity contribution is -0.139. The van der Waals surface area contributed by atoms with Gasteiger partial charge in [-0.05, 0) is 6.92 Å². The summed E-state index contributed by atoms with van der Waals surface area (Å²) in [6.45, 7) is 1.68. The van der Waals surface area contributed by atoms with Crippen LogP contribution in [0.2, 0.25) is 0 Å². The second-order valence-corrected chi connectivity index (χ2v) is 2.41. The highest BCUT2D eigenvalue weighted by Crippen LogP contribution is 1.93. The van der Waals surface area contributed by atoms with Crippen molar-refractivity contribution < 1.29 is 14.6 Å². The van der Waals surface area contributed by atoms with Crippen LogP contribution in [0.1, 0.15) is 6.92 Å². The predicted molar refractivity (Wildman–Crippen MR) is 41.7 cm³/mol. The fourth-order valence-electron chi connectivity index (χ4n) is 0.370. The van der Waals surface area contributed by atoms with Crippen molar-refractivity contribution in [3.8, 4) is 0 Å². The summed E-state index contributed by atoms with van der Waals surface area (Å²) >= 11 is 0. The van der Waals surface area contributed by atoms with Crippen LogP contribution in [0.3, 0.4) is 0 Å². The molecule has 0 aliphatic rings. The van der Waals surface area contributed by atoms with Crippen molar-refractivity contribution in [1.29, 1.82) is 0 Å². The Morgan fingerprint density at radius 2 is 2.40 bits per heavy atom. The maximum absolute atomic E-state index is 10.8. The number of carbonyl (C=O) groups excluding carboxylic acids is 1. The maximum Gasteiger partial charge on any atom is 0.333 e. The van der Waals surface area contributed by atoms with E-state index in [1.54, 1.807) is 12.6 Å². The molecule has 0 spiro atoms. The van der Waals surface area contributed by atoms with E-state index in [2.05, 4.69) is 4.74 Å². The summed E-state index contributed by atoms with van der Waals surface area (Å²) in [4.78, 5) is 10.8. The van der Waals surface area contributed by atoms with Crippen LogP contribution in [0.4, 0.5) is 0 Å². The molecule has 10 heavy (non-hydrogen) atoms. The summed E-state index contributed by atoms with van der Waals surface area (Å²) in [6.07, 6.45) is 0. The first kappa shape index (κ1) is 9.39. The highest BCUT2D eigenvalue weighted by Gasteiger charge is 2.01. The van der Waals surface area contributed by atoms with Crippen molar-refractivity contribution in [1.82, 2.24) is 0 Å². The van der Waals surface area contributed by atoms with Gasteiger partial charge in [-0.1, -0.05) is 5.70 Å². The third-order valence-electron chi connectivity index (χ3n) is 1.08. The molecule has 0 radical (unpaired) electrons. The molecule has 0 aromatic carbocycles. The lowest BCUT2D eigenvalue weighted by atomic mass is 10.4. The maximum atomic E-state index is 10.8. The lowest BCUT2D eigenvalue weighted by Crippen LogP contribution is -2.09. The average molecular weight is 160 g/mol. The fourth-order valence-corrected chi connectivity index (χ4v) is 0.606. The summed E-state index contributed by atoms with van der Waals surface area (Å²) in [5.41, 5.74) is 2.43. The zero-order valence-electron chi connectivity index (χ0n) is 6.26. The molecule has 0 aliphatic heterocycles. The van der Waals surface area contributed by atoms with E-state index in [0.29, 0.717) is 5.57 Å². The van der Waals surface area contributed by atoms with Gasteiger partial charge in [0, 0.05) is 15.8 Å². The first-order valence-corrected chi connectivity index (χ1v) is 4.28. The smallest absolute Gasteiger partial charge is 0.333 e. The summed E-state index contributed by atoms with van der Waals surface area (Å²) in [6, 6.07) is 0. The van der Waals surface area contributed by atoms with Crippen LogP contribution in [0, 0.1) is 0 Å². The molecule has 0 saturated heterocycles. The number of aliphatic hydroxyl groups is 1. The molecule has 3 nitrogen and oxygen atoms in total. The molecule has 0 aromatic rings. The third kappa shape index (κ3) is 3.42. The largest absolute Gasteiger partial charge is 0.460 e. The average Bonchev–Trinajstić information content (AvgIpc) is 1.98. The van der Waals surface area contributed by atoms with Gasteiger partial charge in [0.15, 0.2) is 0 Å². The number of rotatable bonds is 3. The van der Waals surface area contributed by atoms with Crippen LogP contribution in [0.5, 0.6) is 0 Å². The minimum atomic E-state index is -0.330. The van der Waals surface area contributed by atoms with E-state index in [4.69, 9.17) is 5.11 Å². The molecular formula is C6H12O3Si. The Labute approximate surface area is 63.1 Å². The number of ether oxygens (including phenoxy) is 1. The van der Waals surface area contributed by atoms with Crippen LogP contribution in [-0.2, 0) is 9.53 Å². The molecule has 0 heterocycles. The van der Waals surface area contributed by atoms with E-state index in [0.717, 1.165) is 10.2 Å². The Morgan fingerprint density at radius 1 is 1.80 bits per heavy atom. The van der Waals surface area contributed by atoms with Gasteiger partial charge in [0.05, 0.1) is 6.61 Å². The Balaban J connectivity index is 3.63.